The van der Waals surface area contributed by atoms with Crippen LogP contribution in [0.3, 0.4) is 0 Å². The lowest BCUT2D eigenvalue weighted by Gasteiger charge is -1.99. The number of aliphatic imine (C=N–C) groups is 1. The Morgan fingerprint density at radius 2 is 1.83 bits per heavy atom. The number of allylic oxidation sites excluding steroid dienone is 3. The second-order valence-electron chi connectivity index (χ2n) is 5.12. The number of aromatic amines is 1. The molecule has 0 bridgehead atoms. The molecule has 0 atom stereocenters. The van der Waals surface area contributed by atoms with E-state index in [0.29, 0.717) is 6.54 Å². The van der Waals surface area contributed by atoms with Crippen LogP contribution in [0.5, 0.6) is 0 Å². The van der Waals surface area contributed by atoms with Crippen LogP contribution < -0.4 is 0 Å². The van der Waals surface area contributed by atoms with Crippen LogP contribution in [0.4, 0.5) is 0 Å². The molecule has 0 radical (unpaired) electrons. The third-order valence-electron chi connectivity index (χ3n) is 2.96. The molecule has 0 saturated carbocycles. The highest BCUT2D eigenvalue weighted by atomic mass is 14.9. The molecule has 23 heavy (non-hydrogen) atoms. The predicted molar refractivity (Wildman–Crippen MR) is 101 cm³/mol. The summed E-state index contributed by atoms with van der Waals surface area (Å²) < 4.78 is 0. The fourth-order valence-electron chi connectivity index (χ4n) is 1.82. The summed E-state index contributed by atoms with van der Waals surface area (Å²) in [6, 6.07) is 8.46. The van der Waals surface area contributed by atoms with Gasteiger partial charge in [0.15, 0.2) is 0 Å². The Bertz CT molecular complexity index is 619. The van der Waals surface area contributed by atoms with Crippen molar-refractivity contribution < 1.29 is 0 Å². The Hall–Kier alpha value is -2.42. The quantitative estimate of drug-likeness (QED) is 0.565. The van der Waals surface area contributed by atoms with Gasteiger partial charge >= 0.3 is 0 Å². The van der Waals surface area contributed by atoms with Crippen LogP contribution in [0, 0.1) is 0 Å². The van der Waals surface area contributed by atoms with Gasteiger partial charge in [0.2, 0.25) is 0 Å². The summed E-state index contributed by atoms with van der Waals surface area (Å²) in [6.45, 7) is 10.6. The summed E-state index contributed by atoms with van der Waals surface area (Å²) in [5, 5.41) is 0. The Labute approximate surface area is 139 Å². The second-order valence-corrected chi connectivity index (χ2v) is 5.12. The zero-order valence-electron chi connectivity index (χ0n) is 14.4. The SMILES string of the molecule is C=C/C=C\C=NCc1cnc(-c2ccc(CC)cc2)[nH]1.CCC. The minimum absolute atomic E-state index is 0.599. The van der Waals surface area contributed by atoms with Crippen molar-refractivity contribution in [3.8, 4) is 11.4 Å². The lowest BCUT2D eigenvalue weighted by atomic mass is 10.1. The normalized spacial score (nSPS) is 10.7. The topological polar surface area (TPSA) is 41.0 Å². The highest BCUT2D eigenvalue weighted by molar-refractivity contribution is 5.71. The standard InChI is InChI=1S/C17H19N3.C3H8/c1-3-5-6-11-18-12-16-13-19-17(20-16)15-9-7-14(4-2)8-10-15;1-3-2/h3,5-11,13H,1,4,12H2,2H3,(H,19,20);3H2,1-2H3/b6-5-,18-11?;. The van der Waals surface area contributed by atoms with Gasteiger partial charge in [0, 0.05) is 11.8 Å². The van der Waals surface area contributed by atoms with Crippen molar-refractivity contribution in [1.82, 2.24) is 9.97 Å². The zero-order valence-corrected chi connectivity index (χ0v) is 14.4. The van der Waals surface area contributed by atoms with E-state index in [2.05, 4.69) is 66.6 Å². The van der Waals surface area contributed by atoms with Crippen molar-refractivity contribution in [1.29, 1.82) is 0 Å². The molecular weight excluding hydrogens is 282 g/mol. The average molecular weight is 309 g/mol. The molecule has 1 N–H and O–H groups in total. The Kier molecular flexibility index (Phi) is 9.06. The van der Waals surface area contributed by atoms with Gasteiger partial charge in [-0.05, 0) is 18.1 Å². The van der Waals surface area contributed by atoms with Gasteiger partial charge in [-0.2, -0.15) is 0 Å². The maximum absolute atomic E-state index is 4.39. The van der Waals surface area contributed by atoms with E-state index in [1.165, 1.54) is 12.0 Å². The van der Waals surface area contributed by atoms with Crippen LogP contribution in [0.2, 0.25) is 0 Å². The fraction of sp³-hybridized carbons (Fsp3) is 0.300. The Morgan fingerprint density at radius 3 is 2.43 bits per heavy atom. The summed E-state index contributed by atoms with van der Waals surface area (Å²) in [7, 11) is 0. The summed E-state index contributed by atoms with van der Waals surface area (Å²) in [6.07, 6.45) is 11.3. The molecule has 2 rings (SSSR count). The molecule has 1 aromatic carbocycles. The Morgan fingerprint density at radius 1 is 1.13 bits per heavy atom. The number of rotatable bonds is 6. The van der Waals surface area contributed by atoms with E-state index in [1.54, 1.807) is 12.3 Å². The van der Waals surface area contributed by atoms with Gasteiger partial charge in [-0.3, -0.25) is 4.99 Å². The van der Waals surface area contributed by atoms with Crippen LogP contribution in [0.25, 0.3) is 11.4 Å². The van der Waals surface area contributed by atoms with E-state index in [1.807, 2.05) is 18.3 Å². The molecule has 0 aliphatic heterocycles. The number of aromatic nitrogens is 2. The van der Waals surface area contributed by atoms with Crippen molar-refractivity contribution >= 4 is 6.21 Å². The molecule has 0 aliphatic rings. The molecule has 122 valence electrons. The van der Waals surface area contributed by atoms with Gasteiger partial charge in [-0.1, -0.05) is 70.2 Å². The average Bonchev–Trinajstić information content (AvgIpc) is 3.04. The molecule has 0 saturated heterocycles. The fourth-order valence-corrected chi connectivity index (χ4v) is 1.82. The molecule has 3 heteroatoms. The van der Waals surface area contributed by atoms with Gasteiger partial charge in [0.25, 0.3) is 0 Å². The second kappa shape index (κ2) is 11.2. The Balaban J connectivity index is 0.000000816. The minimum atomic E-state index is 0.599. The molecule has 0 aliphatic carbocycles. The number of nitrogens with one attached hydrogen (secondary N) is 1. The number of hydrogen-bond donors (Lipinski definition) is 1. The van der Waals surface area contributed by atoms with Crippen LogP contribution in [-0.2, 0) is 13.0 Å². The summed E-state index contributed by atoms with van der Waals surface area (Å²) in [4.78, 5) is 12.0. The van der Waals surface area contributed by atoms with Crippen LogP contribution in [0.1, 0.15) is 38.4 Å². The van der Waals surface area contributed by atoms with Crippen LogP contribution >= 0.6 is 0 Å². The number of benzene rings is 1. The summed E-state index contributed by atoms with van der Waals surface area (Å²) in [5.74, 6) is 0.888. The summed E-state index contributed by atoms with van der Waals surface area (Å²) in [5.41, 5.74) is 3.44. The molecule has 0 unspecified atom stereocenters. The maximum atomic E-state index is 4.39. The van der Waals surface area contributed by atoms with Crippen molar-refractivity contribution in [2.45, 2.75) is 40.2 Å². The smallest absolute Gasteiger partial charge is 0.137 e. The minimum Gasteiger partial charge on any atom is -0.340 e. The predicted octanol–water partition coefficient (Wildman–Crippen LogP) is 5.37. The largest absolute Gasteiger partial charge is 0.340 e. The molecule has 2 aromatic rings. The third-order valence-corrected chi connectivity index (χ3v) is 2.96. The van der Waals surface area contributed by atoms with Crippen LogP contribution in [-0.4, -0.2) is 16.2 Å². The van der Waals surface area contributed by atoms with Gasteiger partial charge in [-0.15, -0.1) is 0 Å². The zero-order chi connectivity index (χ0) is 16.9. The molecule has 1 aromatic heterocycles. The van der Waals surface area contributed by atoms with E-state index in [0.717, 1.165) is 23.5 Å². The first-order valence-corrected chi connectivity index (χ1v) is 8.15. The van der Waals surface area contributed by atoms with Crippen molar-refractivity contribution in [2.24, 2.45) is 4.99 Å². The number of nitrogens with zero attached hydrogens (tertiary/aromatic N) is 2. The lowest BCUT2D eigenvalue weighted by Crippen LogP contribution is -1.85. The first kappa shape index (κ1) is 18.6. The van der Waals surface area contributed by atoms with E-state index >= 15 is 0 Å². The van der Waals surface area contributed by atoms with E-state index < -0.39 is 0 Å². The van der Waals surface area contributed by atoms with E-state index in [4.69, 9.17) is 0 Å². The third kappa shape index (κ3) is 6.92. The van der Waals surface area contributed by atoms with Crippen molar-refractivity contribution in [2.75, 3.05) is 0 Å². The number of aryl methyl sites for hydroxylation is 1. The van der Waals surface area contributed by atoms with Crippen LogP contribution in [0.15, 0.2) is 60.3 Å². The van der Waals surface area contributed by atoms with Crippen molar-refractivity contribution in [3.63, 3.8) is 0 Å². The highest BCUT2D eigenvalue weighted by Crippen LogP contribution is 2.17. The lowest BCUT2D eigenvalue weighted by molar-refractivity contribution is 1.02. The van der Waals surface area contributed by atoms with Gasteiger partial charge in [0.1, 0.15) is 5.82 Å². The maximum Gasteiger partial charge on any atom is 0.137 e. The molecule has 0 amide bonds. The van der Waals surface area contributed by atoms with Gasteiger partial charge < -0.3 is 4.98 Å². The molecular formula is C20H27N3. The van der Waals surface area contributed by atoms with E-state index in [9.17, 15) is 0 Å². The number of imidazole rings is 1. The van der Waals surface area contributed by atoms with E-state index in [-0.39, 0.29) is 0 Å². The first-order chi connectivity index (χ1) is 11.2. The molecule has 0 spiro atoms. The monoisotopic (exact) mass is 309 g/mol. The number of hydrogen-bond acceptors (Lipinski definition) is 2. The van der Waals surface area contributed by atoms with Gasteiger partial charge in [-0.25, -0.2) is 4.98 Å². The highest BCUT2D eigenvalue weighted by Gasteiger charge is 2.02. The molecule has 1 heterocycles. The molecule has 3 nitrogen and oxygen atoms in total. The number of H-pyrrole nitrogens is 1. The summed E-state index contributed by atoms with van der Waals surface area (Å²) >= 11 is 0. The van der Waals surface area contributed by atoms with Crippen molar-refractivity contribution in [3.05, 3.63) is 66.5 Å². The van der Waals surface area contributed by atoms with Gasteiger partial charge in [0.05, 0.1) is 18.4 Å². The molecule has 0 fully saturated rings. The first-order valence-electron chi connectivity index (χ1n) is 8.15.